The molecule has 0 radical (unpaired) electrons. The highest BCUT2D eigenvalue weighted by Crippen LogP contribution is 2.37. The number of imidazole rings is 1. The summed E-state index contributed by atoms with van der Waals surface area (Å²) >= 11 is 5.73. The zero-order valence-electron chi connectivity index (χ0n) is 21.2. The molecule has 8 nitrogen and oxygen atoms in total. The van der Waals surface area contributed by atoms with E-state index in [1.54, 1.807) is 48.1 Å². The number of nitrogens with one attached hydrogen (secondary N) is 2. The normalized spacial score (nSPS) is 14.9. The number of piperidine rings is 1. The Morgan fingerprint density at radius 2 is 1.79 bits per heavy atom. The number of rotatable bonds is 6. The molecule has 0 bridgehead atoms. The number of hydrogen-bond donors (Lipinski definition) is 2. The monoisotopic (exact) mass is 558 g/mol. The van der Waals surface area contributed by atoms with Gasteiger partial charge >= 0.3 is 6.18 Å². The first-order chi connectivity index (χ1) is 18.6. The van der Waals surface area contributed by atoms with Gasteiger partial charge in [-0.25, -0.2) is 9.97 Å². The van der Waals surface area contributed by atoms with Gasteiger partial charge in [0, 0.05) is 37.0 Å². The summed E-state index contributed by atoms with van der Waals surface area (Å²) in [6, 6.07) is 12.2. The summed E-state index contributed by atoms with van der Waals surface area (Å²) in [5, 5.41) is 5.43. The number of benzene rings is 2. The molecule has 204 valence electrons. The fourth-order valence-corrected chi connectivity index (χ4v) is 4.71. The van der Waals surface area contributed by atoms with Crippen molar-refractivity contribution in [2.45, 2.75) is 19.0 Å². The van der Waals surface area contributed by atoms with Gasteiger partial charge in [-0.05, 0) is 69.4 Å². The minimum Gasteiger partial charge on any atom is -0.457 e. The number of amides is 1. The van der Waals surface area contributed by atoms with Crippen LogP contribution >= 0.6 is 11.6 Å². The number of anilines is 3. The molecule has 0 unspecified atom stereocenters. The van der Waals surface area contributed by atoms with Crippen molar-refractivity contribution in [1.29, 1.82) is 0 Å². The fraction of sp³-hybridized carbons (Fsp3) is 0.296. The molecule has 2 aromatic heterocycles. The predicted molar refractivity (Wildman–Crippen MR) is 144 cm³/mol. The number of pyridine rings is 1. The van der Waals surface area contributed by atoms with Gasteiger partial charge in [-0.3, -0.25) is 4.79 Å². The Bertz CT molecular complexity index is 1520. The van der Waals surface area contributed by atoms with Crippen molar-refractivity contribution in [3.05, 3.63) is 65.3 Å². The smallest absolute Gasteiger partial charge is 0.417 e. The van der Waals surface area contributed by atoms with Gasteiger partial charge in [0.25, 0.3) is 0 Å². The summed E-state index contributed by atoms with van der Waals surface area (Å²) in [5.41, 5.74) is 0.596. The quantitative estimate of drug-likeness (QED) is 0.283. The summed E-state index contributed by atoms with van der Waals surface area (Å²) in [7, 11) is 3.80. The number of nitrogens with zero attached hydrogens (tertiary/aromatic N) is 4. The van der Waals surface area contributed by atoms with Crippen molar-refractivity contribution in [2.75, 3.05) is 30.8 Å². The molecule has 5 rings (SSSR count). The second kappa shape index (κ2) is 10.7. The molecule has 1 amide bonds. The van der Waals surface area contributed by atoms with Gasteiger partial charge in [-0.2, -0.15) is 13.2 Å². The van der Waals surface area contributed by atoms with Crippen LogP contribution in [-0.2, 0) is 18.0 Å². The summed E-state index contributed by atoms with van der Waals surface area (Å²) in [5.74, 6) is 1.64. The van der Waals surface area contributed by atoms with E-state index in [4.69, 9.17) is 16.3 Å². The minimum absolute atomic E-state index is 0.0464. The van der Waals surface area contributed by atoms with Gasteiger partial charge in [-0.1, -0.05) is 11.6 Å². The van der Waals surface area contributed by atoms with Gasteiger partial charge in [0.1, 0.15) is 17.3 Å². The van der Waals surface area contributed by atoms with Crippen LogP contribution in [0, 0.1) is 5.92 Å². The molecule has 12 heteroatoms. The third-order valence-corrected chi connectivity index (χ3v) is 7.02. The van der Waals surface area contributed by atoms with Gasteiger partial charge in [0.05, 0.1) is 21.6 Å². The van der Waals surface area contributed by atoms with Crippen molar-refractivity contribution in [1.82, 2.24) is 19.4 Å². The van der Waals surface area contributed by atoms with Gasteiger partial charge < -0.3 is 24.8 Å². The predicted octanol–water partition coefficient (Wildman–Crippen LogP) is 6.46. The van der Waals surface area contributed by atoms with Crippen LogP contribution in [0.25, 0.3) is 11.0 Å². The highest BCUT2D eigenvalue weighted by molar-refractivity contribution is 6.31. The number of carbonyl (C=O) groups excluding carboxylic acids is 1. The Balaban J connectivity index is 1.30. The van der Waals surface area contributed by atoms with E-state index in [1.165, 1.54) is 12.1 Å². The summed E-state index contributed by atoms with van der Waals surface area (Å²) < 4.78 is 47.5. The van der Waals surface area contributed by atoms with E-state index >= 15 is 0 Å². The zero-order valence-corrected chi connectivity index (χ0v) is 22.0. The second-order valence-electron chi connectivity index (χ2n) is 9.51. The standard InChI is InChI=1S/C27H26ClF3N6O2/c1-36-11-8-16(9-12-36)25(38)35-24-15-19(7-10-32-24)39-18-4-6-23-22(14-18)34-26(37(23)2)33-17-3-5-21(28)20(13-17)27(29,30)31/h3-7,10,13-16H,8-9,11-12H2,1-2H3,(H,33,34)(H,32,35,38). The van der Waals surface area contributed by atoms with E-state index < -0.39 is 11.7 Å². The number of aryl methyl sites for hydroxylation is 1. The summed E-state index contributed by atoms with van der Waals surface area (Å²) in [6.45, 7) is 1.77. The third-order valence-electron chi connectivity index (χ3n) is 6.69. The average Bonchev–Trinajstić information content (AvgIpc) is 3.19. The number of hydrogen-bond acceptors (Lipinski definition) is 6. The van der Waals surface area contributed by atoms with Crippen LogP contribution in [0.3, 0.4) is 0 Å². The highest BCUT2D eigenvalue weighted by atomic mass is 35.5. The summed E-state index contributed by atoms with van der Waals surface area (Å²) in [6.07, 6.45) is -1.40. The first-order valence-corrected chi connectivity index (χ1v) is 12.7. The lowest BCUT2D eigenvalue weighted by Gasteiger charge is -2.27. The van der Waals surface area contributed by atoms with Crippen molar-refractivity contribution in [3.8, 4) is 11.5 Å². The number of alkyl halides is 3. The number of likely N-dealkylation sites (tertiary alicyclic amines) is 1. The first-order valence-electron chi connectivity index (χ1n) is 12.3. The Morgan fingerprint density at radius 3 is 2.54 bits per heavy atom. The number of ether oxygens (including phenoxy) is 1. The van der Waals surface area contributed by atoms with Crippen molar-refractivity contribution >= 4 is 46.0 Å². The largest absolute Gasteiger partial charge is 0.457 e. The SMILES string of the molecule is CN1CCC(C(=O)Nc2cc(Oc3ccc4c(c3)nc(Nc3ccc(Cl)c(C(F)(F)F)c3)n4C)ccn2)CC1. The van der Waals surface area contributed by atoms with E-state index in [1.807, 2.05) is 7.05 Å². The molecule has 0 saturated carbocycles. The molecule has 1 aliphatic rings. The molecule has 39 heavy (non-hydrogen) atoms. The third kappa shape index (κ3) is 6.10. The fourth-order valence-electron chi connectivity index (χ4n) is 4.48. The maximum Gasteiger partial charge on any atom is 0.417 e. The molecule has 2 aromatic carbocycles. The maximum atomic E-state index is 13.2. The van der Waals surface area contributed by atoms with E-state index in [-0.39, 0.29) is 22.5 Å². The number of halogens is 4. The Kier molecular flexibility index (Phi) is 7.37. The van der Waals surface area contributed by atoms with Gasteiger partial charge in [0.15, 0.2) is 0 Å². The van der Waals surface area contributed by atoms with Crippen molar-refractivity contribution in [3.63, 3.8) is 0 Å². The molecular formula is C27H26ClF3N6O2. The number of fused-ring (bicyclic) bond motifs is 1. The maximum absolute atomic E-state index is 13.2. The van der Waals surface area contributed by atoms with E-state index in [0.29, 0.717) is 28.8 Å². The molecule has 0 aliphatic carbocycles. The lowest BCUT2D eigenvalue weighted by molar-refractivity contribution is -0.137. The molecular weight excluding hydrogens is 533 g/mol. The number of aromatic nitrogens is 3. The molecule has 1 saturated heterocycles. The summed E-state index contributed by atoms with van der Waals surface area (Å²) in [4.78, 5) is 23.6. The molecule has 1 aliphatic heterocycles. The van der Waals surface area contributed by atoms with Crippen LogP contribution in [0.1, 0.15) is 18.4 Å². The van der Waals surface area contributed by atoms with Crippen molar-refractivity contribution in [2.24, 2.45) is 13.0 Å². The van der Waals surface area contributed by atoms with Gasteiger partial charge in [-0.15, -0.1) is 0 Å². The van der Waals surface area contributed by atoms with Crippen molar-refractivity contribution < 1.29 is 22.7 Å². The van der Waals surface area contributed by atoms with Gasteiger partial charge in [0.2, 0.25) is 11.9 Å². The molecule has 3 heterocycles. The molecule has 0 atom stereocenters. The van der Waals surface area contributed by atoms with Crippen LogP contribution in [0.15, 0.2) is 54.7 Å². The van der Waals surface area contributed by atoms with Crippen LogP contribution < -0.4 is 15.4 Å². The highest BCUT2D eigenvalue weighted by Gasteiger charge is 2.33. The van der Waals surface area contributed by atoms with E-state index in [0.717, 1.165) is 37.5 Å². The zero-order chi connectivity index (χ0) is 27.7. The van der Waals surface area contributed by atoms with Crippen LogP contribution in [0.5, 0.6) is 11.5 Å². The second-order valence-corrected chi connectivity index (χ2v) is 9.92. The van der Waals surface area contributed by atoms with E-state index in [2.05, 4.69) is 25.5 Å². The molecule has 4 aromatic rings. The Morgan fingerprint density at radius 1 is 1.05 bits per heavy atom. The van der Waals surface area contributed by atoms with Crippen LogP contribution in [0.2, 0.25) is 5.02 Å². The lowest BCUT2D eigenvalue weighted by atomic mass is 9.96. The molecule has 2 N–H and O–H groups in total. The Labute approximate surface area is 227 Å². The van der Waals surface area contributed by atoms with Crippen LogP contribution in [-0.4, -0.2) is 45.5 Å². The average molecular weight is 559 g/mol. The lowest BCUT2D eigenvalue weighted by Crippen LogP contribution is -2.36. The number of carbonyl (C=O) groups is 1. The molecule has 0 spiro atoms. The van der Waals surface area contributed by atoms with Crippen LogP contribution in [0.4, 0.5) is 30.6 Å². The molecule has 1 fully saturated rings. The minimum atomic E-state index is -4.57. The topological polar surface area (TPSA) is 84.3 Å². The first kappa shape index (κ1) is 26.8. The Hall–Kier alpha value is -3.83. The van der Waals surface area contributed by atoms with E-state index in [9.17, 15) is 18.0 Å².